The largest absolute Gasteiger partial charge is 0.488 e. The lowest BCUT2D eigenvalue weighted by molar-refractivity contribution is -0.139. The Morgan fingerprint density at radius 2 is 1.66 bits per heavy atom. The smallest absolute Gasteiger partial charge is 0.329 e. The van der Waals surface area contributed by atoms with Gasteiger partial charge in [-0.05, 0) is 92.5 Å². The number of nitrogens with zero attached hydrogens (tertiary/aromatic N) is 5. The lowest BCUT2D eigenvalue weighted by Gasteiger charge is -2.43. The molecule has 1 aromatic heterocycles. The van der Waals surface area contributed by atoms with Gasteiger partial charge in [0.2, 0.25) is 17.7 Å². The summed E-state index contributed by atoms with van der Waals surface area (Å²) < 4.78 is 78.5. The maximum atomic E-state index is 16.5. The highest BCUT2D eigenvalue weighted by atomic mass is 35.5. The van der Waals surface area contributed by atoms with Crippen molar-refractivity contribution in [3.63, 3.8) is 0 Å². The maximum Gasteiger partial charge on any atom is 0.329 e. The van der Waals surface area contributed by atoms with Crippen molar-refractivity contribution >= 4 is 52.1 Å². The molecule has 0 unspecified atom stereocenters. The van der Waals surface area contributed by atoms with Crippen molar-refractivity contribution < 1.29 is 51.3 Å². The van der Waals surface area contributed by atoms with Crippen LogP contribution >= 0.6 is 11.6 Å². The first-order valence-corrected chi connectivity index (χ1v) is 27.1. The predicted molar refractivity (Wildman–Crippen MR) is 282 cm³/mol. The molecule has 5 N–H and O–H groups in total. The summed E-state index contributed by atoms with van der Waals surface area (Å²) in [5, 5.41) is 19.5. The van der Waals surface area contributed by atoms with Gasteiger partial charge in [0.25, 0.3) is 0 Å². The molecule has 410 valence electrons. The van der Waals surface area contributed by atoms with Crippen molar-refractivity contribution in [3.05, 3.63) is 105 Å². The summed E-state index contributed by atoms with van der Waals surface area (Å²) in [6.45, 7) is 9.29. The summed E-state index contributed by atoms with van der Waals surface area (Å²) in [6.07, 6.45) is 4.31. The fourth-order valence-electron chi connectivity index (χ4n) is 13.1. The summed E-state index contributed by atoms with van der Waals surface area (Å²) in [5.74, 6) is -5.00. The van der Waals surface area contributed by atoms with Crippen LogP contribution in [0.4, 0.5) is 28.2 Å². The van der Waals surface area contributed by atoms with E-state index in [-0.39, 0.29) is 112 Å². The molecule has 0 radical (unpaired) electrons. The summed E-state index contributed by atoms with van der Waals surface area (Å²) in [7, 11) is 1.56. The Hall–Kier alpha value is -6.28. The number of piperidine rings is 2. The Balaban J connectivity index is 0.757. The molecule has 1 saturated carbocycles. The Labute approximate surface area is 449 Å². The van der Waals surface area contributed by atoms with Crippen molar-refractivity contribution in [2.45, 2.75) is 89.2 Å². The number of amides is 5. The molecule has 4 aliphatic heterocycles. The predicted octanol–water partition coefficient (Wildman–Crippen LogP) is 8.52. The van der Waals surface area contributed by atoms with Gasteiger partial charge in [0.15, 0.2) is 28.8 Å². The molecule has 10 rings (SSSR count). The van der Waals surface area contributed by atoms with E-state index in [4.69, 9.17) is 26.8 Å². The fraction of sp³-hybridized carbons (Fsp3) is 0.491. The number of imide groups is 1. The van der Waals surface area contributed by atoms with E-state index in [1.54, 1.807) is 7.05 Å². The number of primary amides is 1. The molecule has 4 aromatic carbocycles. The van der Waals surface area contributed by atoms with Gasteiger partial charge in [-0.2, -0.15) is 5.10 Å². The summed E-state index contributed by atoms with van der Waals surface area (Å²) in [4.78, 5) is 57.0. The first kappa shape index (κ1) is 54.1. The average Bonchev–Trinajstić information content (AvgIpc) is 4.06. The average molecular weight is 1090 g/mol. The zero-order valence-electron chi connectivity index (χ0n) is 43.7. The van der Waals surface area contributed by atoms with Crippen LogP contribution in [-0.4, -0.2) is 114 Å². The van der Waals surface area contributed by atoms with E-state index in [0.717, 1.165) is 31.4 Å². The molecular formula is C57H65ClF4N8O7. The van der Waals surface area contributed by atoms with Crippen LogP contribution < -0.4 is 30.7 Å². The number of fused-ring (bicyclic) bond motifs is 2. The van der Waals surface area contributed by atoms with Gasteiger partial charge in [-0.15, -0.1) is 0 Å². The molecular weight excluding hydrogens is 1020 g/mol. The molecule has 5 amide bonds. The fourth-order valence-corrected chi connectivity index (χ4v) is 13.3. The van der Waals surface area contributed by atoms with Crippen molar-refractivity contribution in [2.75, 3.05) is 63.9 Å². The standard InChI is InChI=1S/C57H65ClF4N8O7/c1-30-27-69(20-16-34(30)28-68-19-17-37(31(2)26-68)46-40(59)24-39-52(51(46)62)67(4)66-54(39)70-21-18-44(72)65-56(70)75)55(74)33-10-12-36(13-11-33)64-29-57(35-8-6-5-7-9-35)32(3)45-43(77-57)25-41(60)49(58)48(45)47-38(53(63)73)14-15-42(50(47)61)76-23-22-71/h5-9,14-15,24-25,30-34,36-37,64,71H,10-13,16-23,26-29H2,1-4H3,(H2,63,73)(H,65,72,75)/t30-,31-,32+,33?,34+,36?,37+,57+/m1/s1. The first-order valence-electron chi connectivity index (χ1n) is 26.7. The molecule has 6 atom stereocenters. The minimum absolute atomic E-state index is 0.0245. The second kappa shape index (κ2) is 21.9. The van der Waals surface area contributed by atoms with E-state index in [1.807, 2.05) is 49.1 Å². The van der Waals surface area contributed by atoms with Crippen molar-refractivity contribution in [2.24, 2.45) is 36.5 Å². The zero-order valence-corrected chi connectivity index (χ0v) is 44.4. The van der Waals surface area contributed by atoms with Crippen LogP contribution in [0.25, 0.3) is 22.0 Å². The molecule has 77 heavy (non-hydrogen) atoms. The van der Waals surface area contributed by atoms with Crippen molar-refractivity contribution in [3.8, 4) is 22.6 Å². The number of hydrogen-bond donors (Lipinski definition) is 4. The van der Waals surface area contributed by atoms with Gasteiger partial charge in [0, 0.05) is 98.9 Å². The third-order valence-electron chi connectivity index (χ3n) is 17.2. The quantitative estimate of drug-likeness (QED) is 0.0787. The lowest BCUT2D eigenvalue weighted by Crippen LogP contribution is -2.50. The number of halogens is 5. The summed E-state index contributed by atoms with van der Waals surface area (Å²) in [5.41, 5.74) is 5.32. The molecule has 4 fully saturated rings. The van der Waals surface area contributed by atoms with Gasteiger partial charge in [0.05, 0.1) is 22.6 Å². The number of nitrogens with two attached hydrogens (primary N) is 1. The minimum atomic E-state index is -1.14. The van der Waals surface area contributed by atoms with Gasteiger partial charge in [-0.1, -0.05) is 62.7 Å². The number of anilines is 1. The third kappa shape index (κ3) is 10.0. The molecule has 0 bridgehead atoms. The third-order valence-corrected chi connectivity index (χ3v) is 17.6. The number of likely N-dealkylation sites (tertiary alicyclic amines) is 2. The number of rotatable bonds is 14. The van der Waals surface area contributed by atoms with E-state index in [0.29, 0.717) is 56.9 Å². The molecule has 3 saturated heterocycles. The Morgan fingerprint density at radius 3 is 2.35 bits per heavy atom. The number of aliphatic hydroxyl groups excluding tert-OH is 1. The van der Waals surface area contributed by atoms with E-state index in [2.05, 4.69) is 27.6 Å². The van der Waals surface area contributed by atoms with Gasteiger partial charge in [-0.3, -0.25) is 29.3 Å². The van der Waals surface area contributed by atoms with Crippen LogP contribution in [0.1, 0.15) is 105 Å². The number of aliphatic hydroxyl groups is 1. The maximum absolute atomic E-state index is 16.5. The number of ether oxygens (including phenoxy) is 2. The van der Waals surface area contributed by atoms with Gasteiger partial charge in [-0.25, -0.2) is 22.4 Å². The van der Waals surface area contributed by atoms with Crippen molar-refractivity contribution in [1.29, 1.82) is 0 Å². The highest BCUT2D eigenvalue weighted by Crippen LogP contribution is 2.57. The number of aromatic nitrogens is 2. The molecule has 15 nitrogen and oxygen atoms in total. The number of hydrogen-bond acceptors (Lipinski definition) is 10. The summed E-state index contributed by atoms with van der Waals surface area (Å²) in [6, 6.07) is 13.8. The lowest BCUT2D eigenvalue weighted by atomic mass is 9.77. The van der Waals surface area contributed by atoms with Crippen molar-refractivity contribution in [1.82, 2.24) is 30.2 Å². The van der Waals surface area contributed by atoms with Crippen LogP contribution in [-0.2, 0) is 22.2 Å². The van der Waals surface area contributed by atoms with E-state index in [9.17, 15) is 24.3 Å². The number of urea groups is 1. The number of aryl methyl sites for hydroxylation is 1. The molecule has 5 aliphatic rings. The van der Waals surface area contributed by atoms with Gasteiger partial charge < -0.3 is 35.4 Å². The Bertz CT molecular complexity index is 3120. The Kier molecular flexibility index (Phi) is 15.4. The van der Waals surface area contributed by atoms with Crippen LogP contribution in [0.3, 0.4) is 0 Å². The van der Waals surface area contributed by atoms with E-state index in [1.165, 1.54) is 33.8 Å². The van der Waals surface area contributed by atoms with Gasteiger partial charge in [0.1, 0.15) is 29.5 Å². The number of benzene rings is 4. The van der Waals surface area contributed by atoms with Crippen LogP contribution in [0.5, 0.6) is 11.5 Å². The summed E-state index contributed by atoms with van der Waals surface area (Å²) >= 11 is 6.73. The SMILES string of the molecule is C[C@@H]1CN(C(=O)C2CCC(NC[C@]3(c4ccccc4)Oc4cc(F)c(Cl)c(-c5c(C(N)=O)ccc(OCCO)c5F)c4[C@@H]3C)CC2)CC[C@H]1CN1CC[C@H](c2c(F)cc3c(N4CCC(=O)NC4=O)nn(C)c3c2F)[C@H](C)C1. The van der Waals surface area contributed by atoms with Gasteiger partial charge >= 0.3 is 6.03 Å². The molecule has 5 heterocycles. The van der Waals surface area contributed by atoms with Crippen LogP contribution in [0.15, 0.2) is 54.6 Å². The molecule has 1 aliphatic carbocycles. The number of nitrogens with one attached hydrogen (secondary N) is 2. The second-order valence-electron chi connectivity index (χ2n) is 21.8. The minimum Gasteiger partial charge on any atom is -0.488 e. The first-order chi connectivity index (χ1) is 36.9. The van der Waals surface area contributed by atoms with E-state index >= 15 is 17.6 Å². The highest BCUT2D eigenvalue weighted by Gasteiger charge is 2.51. The Morgan fingerprint density at radius 1 is 0.909 bits per heavy atom. The molecule has 5 aromatic rings. The topological polar surface area (TPSA) is 185 Å². The normalized spacial score (nSPS) is 25.9. The molecule has 0 spiro atoms. The second-order valence-corrected chi connectivity index (χ2v) is 22.2. The number of carbonyl (C=O) groups is 4. The van der Waals surface area contributed by atoms with Crippen LogP contribution in [0, 0.1) is 46.9 Å². The monoisotopic (exact) mass is 1080 g/mol. The van der Waals surface area contributed by atoms with E-state index < -0.39 is 64.3 Å². The van der Waals surface area contributed by atoms with Crippen LogP contribution in [0.2, 0.25) is 5.02 Å². The zero-order chi connectivity index (χ0) is 54.6. The number of carbonyl (C=O) groups excluding carboxylic acids is 4. The highest BCUT2D eigenvalue weighted by molar-refractivity contribution is 6.34. The molecule has 20 heteroatoms.